The summed E-state index contributed by atoms with van der Waals surface area (Å²) in [5, 5.41) is 14.2. The van der Waals surface area contributed by atoms with Crippen molar-refractivity contribution in [2.45, 2.75) is 38.6 Å². The van der Waals surface area contributed by atoms with E-state index in [0.29, 0.717) is 17.5 Å². The molecule has 3 N–H and O–H groups in total. The molecule has 1 atom stereocenters. The Bertz CT molecular complexity index is 833. The van der Waals surface area contributed by atoms with Crippen molar-refractivity contribution >= 4 is 17.3 Å². The van der Waals surface area contributed by atoms with Crippen molar-refractivity contribution in [3.8, 4) is 0 Å². The molecule has 6 nitrogen and oxygen atoms in total. The molecule has 1 aliphatic rings. The lowest BCUT2D eigenvalue weighted by molar-refractivity contribution is -0.385. The number of rotatable bonds is 4. The largest absolute Gasteiger partial charge is 0.399 e. The molecular formula is C19H21N3O3. The van der Waals surface area contributed by atoms with Crippen LogP contribution in [0.3, 0.4) is 0 Å². The Kier molecular flexibility index (Phi) is 4.70. The number of nitrogen functional groups attached to an aromatic ring is 1. The maximum atomic E-state index is 12.6. The standard InChI is InChI=1S/C19H21N3O3/c1-2-12-6-7-14(11-18(12)22(24)25)19(23)21-17-5-3-4-13-10-15(20)8-9-16(13)17/h6-11,17H,2-5,20H2,1H3,(H,21,23). The number of nitrogens with zero attached hydrogens (tertiary/aromatic N) is 1. The molecule has 0 bridgehead atoms. The van der Waals surface area contributed by atoms with E-state index >= 15 is 0 Å². The van der Waals surface area contributed by atoms with Gasteiger partial charge in [0.1, 0.15) is 0 Å². The van der Waals surface area contributed by atoms with Crippen molar-refractivity contribution in [1.29, 1.82) is 0 Å². The Morgan fingerprint density at radius 1 is 1.32 bits per heavy atom. The summed E-state index contributed by atoms with van der Waals surface area (Å²) in [6, 6.07) is 10.3. The summed E-state index contributed by atoms with van der Waals surface area (Å²) in [4.78, 5) is 23.4. The summed E-state index contributed by atoms with van der Waals surface area (Å²) in [6.07, 6.45) is 3.31. The zero-order valence-electron chi connectivity index (χ0n) is 14.1. The lowest BCUT2D eigenvalue weighted by Gasteiger charge is -2.26. The monoisotopic (exact) mass is 339 g/mol. The van der Waals surface area contributed by atoms with E-state index in [1.807, 2.05) is 25.1 Å². The van der Waals surface area contributed by atoms with E-state index in [4.69, 9.17) is 5.73 Å². The van der Waals surface area contributed by atoms with Crippen molar-refractivity contribution in [2.75, 3.05) is 5.73 Å². The van der Waals surface area contributed by atoms with E-state index in [-0.39, 0.29) is 17.6 Å². The smallest absolute Gasteiger partial charge is 0.273 e. The quantitative estimate of drug-likeness (QED) is 0.505. The van der Waals surface area contributed by atoms with Gasteiger partial charge in [-0.05, 0) is 55.0 Å². The highest BCUT2D eigenvalue weighted by molar-refractivity contribution is 5.95. The molecule has 0 aliphatic heterocycles. The van der Waals surface area contributed by atoms with Crippen LogP contribution in [0.1, 0.15) is 52.9 Å². The summed E-state index contributed by atoms with van der Waals surface area (Å²) in [6.45, 7) is 1.85. The topological polar surface area (TPSA) is 98.3 Å². The summed E-state index contributed by atoms with van der Waals surface area (Å²) in [5.41, 5.74) is 9.72. The van der Waals surface area contributed by atoms with Gasteiger partial charge in [-0.15, -0.1) is 0 Å². The fourth-order valence-electron chi connectivity index (χ4n) is 3.40. The van der Waals surface area contributed by atoms with Crippen LogP contribution in [0.15, 0.2) is 36.4 Å². The van der Waals surface area contributed by atoms with Gasteiger partial charge in [-0.1, -0.05) is 19.1 Å². The third kappa shape index (κ3) is 3.47. The average molecular weight is 339 g/mol. The van der Waals surface area contributed by atoms with Crippen LogP contribution in [0.2, 0.25) is 0 Å². The molecule has 3 rings (SSSR count). The van der Waals surface area contributed by atoms with Gasteiger partial charge in [0.25, 0.3) is 11.6 Å². The maximum Gasteiger partial charge on any atom is 0.273 e. The Morgan fingerprint density at radius 3 is 2.84 bits per heavy atom. The lowest BCUT2D eigenvalue weighted by Crippen LogP contribution is -2.31. The van der Waals surface area contributed by atoms with Gasteiger partial charge in [-0.2, -0.15) is 0 Å². The second kappa shape index (κ2) is 6.93. The van der Waals surface area contributed by atoms with Gasteiger partial charge in [0.15, 0.2) is 0 Å². The zero-order valence-corrected chi connectivity index (χ0v) is 14.1. The van der Waals surface area contributed by atoms with Gasteiger partial charge >= 0.3 is 0 Å². The van der Waals surface area contributed by atoms with Gasteiger partial charge in [-0.3, -0.25) is 14.9 Å². The number of carbonyl (C=O) groups is 1. The van der Waals surface area contributed by atoms with Gasteiger partial charge in [-0.25, -0.2) is 0 Å². The third-order valence-corrected chi connectivity index (χ3v) is 4.71. The number of nitrogens with one attached hydrogen (secondary N) is 1. The number of carbonyl (C=O) groups excluding carboxylic acids is 1. The first-order valence-corrected chi connectivity index (χ1v) is 8.46. The zero-order chi connectivity index (χ0) is 18.0. The van der Waals surface area contributed by atoms with Crippen molar-refractivity contribution in [3.63, 3.8) is 0 Å². The first-order valence-electron chi connectivity index (χ1n) is 8.46. The van der Waals surface area contributed by atoms with E-state index < -0.39 is 4.92 Å². The molecule has 1 aliphatic carbocycles. The first kappa shape index (κ1) is 17.0. The summed E-state index contributed by atoms with van der Waals surface area (Å²) >= 11 is 0. The average Bonchev–Trinajstić information content (AvgIpc) is 2.60. The van der Waals surface area contributed by atoms with Crippen molar-refractivity contribution in [2.24, 2.45) is 0 Å². The number of hydrogen-bond donors (Lipinski definition) is 2. The molecule has 2 aromatic carbocycles. The van der Waals surface area contributed by atoms with Crippen molar-refractivity contribution in [3.05, 3.63) is 68.8 Å². The van der Waals surface area contributed by atoms with E-state index in [9.17, 15) is 14.9 Å². The molecule has 2 aromatic rings. The van der Waals surface area contributed by atoms with Crippen LogP contribution < -0.4 is 11.1 Å². The molecule has 6 heteroatoms. The molecular weight excluding hydrogens is 318 g/mol. The molecule has 0 spiro atoms. The molecule has 130 valence electrons. The molecule has 0 fully saturated rings. The molecule has 25 heavy (non-hydrogen) atoms. The first-order chi connectivity index (χ1) is 12.0. The van der Waals surface area contributed by atoms with E-state index in [2.05, 4.69) is 5.32 Å². The summed E-state index contributed by atoms with van der Waals surface area (Å²) < 4.78 is 0. The molecule has 0 heterocycles. The fraction of sp³-hybridized carbons (Fsp3) is 0.316. The van der Waals surface area contributed by atoms with Crippen LogP contribution in [-0.2, 0) is 12.8 Å². The summed E-state index contributed by atoms with van der Waals surface area (Å²) in [5.74, 6) is -0.291. The Morgan fingerprint density at radius 2 is 2.12 bits per heavy atom. The van der Waals surface area contributed by atoms with E-state index in [1.165, 1.54) is 6.07 Å². The molecule has 0 saturated carbocycles. The van der Waals surface area contributed by atoms with Gasteiger partial charge < -0.3 is 11.1 Å². The lowest BCUT2D eigenvalue weighted by atomic mass is 9.87. The molecule has 0 aromatic heterocycles. The molecule has 0 saturated heterocycles. The highest BCUT2D eigenvalue weighted by Gasteiger charge is 2.23. The molecule has 1 unspecified atom stereocenters. The number of anilines is 1. The fourth-order valence-corrected chi connectivity index (χ4v) is 3.40. The minimum atomic E-state index is -0.436. The minimum absolute atomic E-state index is 0.00744. The predicted octanol–water partition coefficient (Wildman–Crippen LogP) is 3.55. The number of nitro benzene ring substituents is 1. The van der Waals surface area contributed by atoms with Crippen LogP contribution in [-0.4, -0.2) is 10.8 Å². The molecule has 1 amide bonds. The number of benzene rings is 2. The number of hydrogen-bond acceptors (Lipinski definition) is 4. The van der Waals surface area contributed by atoms with Crippen LogP contribution in [0, 0.1) is 10.1 Å². The van der Waals surface area contributed by atoms with Gasteiger partial charge in [0.2, 0.25) is 0 Å². The molecule has 0 radical (unpaired) electrons. The van der Waals surface area contributed by atoms with Crippen LogP contribution in [0.5, 0.6) is 0 Å². The number of aryl methyl sites for hydroxylation is 2. The minimum Gasteiger partial charge on any atom is -0.399 e. The highest BCUT2D eigenvalue weighted by atomic mass is 16.6. The summed E-state index contributed by atoms with van der Waals surface area (Å²) in [7, 11) is 0. The Labute approximate surface area is 146 Å². The van der Waals surface area contributed by atoms with Gasteiger partial charge in [0.05, 0.1) is 11.0 Å². The van der Waals surface area contributed by atoms with E-state index in [0.717, 1.165) is 36.1 Å². The van der Waals surface area contributed by atoms with E-state index in [1.54, 1.807) is 12.1 Å². The van der Waals surface area contributed by atoms with Crippen LogP contribution in [0.25, 0.3) is 0 Å². The predicted molar refractivity (Wildman–Crippen MR) is 96.5 cm³/mol. The Hall–Kier alpha value is -2.89. The van der Waals surface area contributed by atoms with Crippen molar-refractivity contribution in [1.82, 2.24) is 5.32 Å². The number of nitrogens with two attached hydrogens (primary N) is 1. The second-order valence-electron chi connectivity index (χ2n) is 6.33. The van der Waals surface area contributed by atoms with Gasteiger partial charge in [0, 0.05) is 22.9 Å². The SMILES string of the molecule is CCc1ccc(C(=O)NC2CCCc3cc(N)ccc32)cc1[N+](=O)[O-]. The van der Waals surface area contributed by atoms with Crippen LogP contribution >= 0.6 is 0 Å². The number of fused-ring (bicyclic) bond motifs is 1. The number of amides is 1. The second-order valence-corrected chi connectivity index (χ2v) is 6.33. The number of nitro groups is 1. The Balaban J connectivity index is 1.84. The third-order valence-electron chi connectivity index (χ3n) is 4.71. The van der Waals surface area contributed by atoms with Crippen molar-refractivity contribution < 1.29 is 9.72 Å². The maximum absolute atomic E-state index is 12.6. The van der Waals surface area contributed by atoms with Crippen LogP contribution in [0.4, 0.5) is 11.4 Å². The highest BCUT2D eigenvalue weighted by Crippen LogP contribution is 2.31. The normalized spacial score (nSPS) is 16.1.